The van der Waals surface area contributed by atoms with Crippen molar-refractivity contribution in [3.63, 3.8) is 0 Å². The molecule has 0 aliphatic carbocycles. The van der Waals surface area contributed by atoms with Crippen LogP contribution < -0.4 is 5.73 Å². The van der Waals surface area contributed by atoms with Crippen LogP contribution in [0.25, 0.3) is 22.3 Å². The van der Waals surface area contributed by atoms with Crippen LogP contribution in [0, 0.1) is 0 Å². The van der Waals surface area contributed by atoms with E-state index in [2.05, 4.69) is 16.5 Å². The molecule has 31 heavy (non-hydrogen) atoms. The van der Waals surface area contributed by atoms with Crippen LogP contribution in [0.2, 0.25) is 0 Å². The molecule has 0 fully saturated rings. The molecule has 2 heterocycles. The van der Waals surface area contributed by atoms with Crippen LogP contribution in [0.1, 0.15) is 5.56 Å². The minimum atomic E-state index is -0.159. The first-order valence-corrected chi connectivity index (χ1v) is 9.78. The Bertz CT molecular complexity index is 1220. The van der Waals surface area contributed by atoms with E-state index in [0.29, 0.717) is 42.2 Å². The molecule has 0 radical (unpaired) electrons. The number of carbonyl (C=O) groups is 1. The van der Waals surface area contributed by atoms with Gasteiger partial charge in [-0.25, -0.2) is 14.6 Å². The molecule has 0 atom stereocenters. The third kappa shape index (κ3) is 4.23. The summed E-state index contributed by atoms with van der Waals surface area (Å²) in [5, 5.41) is 14.9. The van der Waals surface area contributed by atoms with Crippen LogP contribution in [0.5, 0.6) is 5.75 Å². The minimum absolute atomic E-state index is 0.159. The zero-order valence-electron chi connectivity index (χ0n) is 16.8. The number of aromatic hydroxyl groups is 1. The lowest BCUT2D eigenvalue weighted by Gasteiger charge is -2.21. The molecule has 156 valence electrons. The molecule has 4 rings (SSSR count). The Labute approximate surface area is 179 Å². The second-order valence-corrected chi connectivity index (χ2v) is 7.03. The number of phenols is 1. The molecule has 4 aromatic rings. The van der Waals surface area contributed by atoms with Gasteiger partial charge in [-0.2, -0.15) is 5.10 Å². The van der Waals surface area contributed by atoms with E-state index < -0.39 is 0 Å². The molecule has 0 aliphatic rings. The molecule has 2 aromatic heterocycles. The standard InChI is InChI=1S/C23H22N6O2/c1-2-19(31)28(14-16-6-4-3-5-7-16)12-13-29-23-20(22(24)25-15-26-23)21(27-29)17-8-10-18(30)11-9-17/h2-11,15,30H,1,12-14H2,(H2,24,25,26). The highest BCUT2D eigenvalue weighted by atomic mass is 16.3. The Morgan fingerprint density at radius 2 is 1.87 bits per heavy atom. The normalized spacial score (nSPS) is 10.8. The highest BCUT2D eigenvalue weighted by Crippen LogP contribution is 2.30. The second-order valence-electron chi connectivity index (χ2n) is 7.03. The Morgan fingerprint density at radius 1 is 1.13 bits per heavy atom. The number of hydrogen-bond donors (Lipinski definition) is 2. The first-order valence-electron chi connectivity index (χ1n) is 9.78. The maximum absolute atomic E-state index is 12.4. The van der Waals surface area contributed by atoms with Crippen molar-refractivity contribution >= 4 is 22.8 Å². The lowest BCUT2D eigenvalue weighted by atomic mass is 10.1. The van der Waals surface area contributed by atoms with Crippen LogP contribution in [0.3, 0.4) is 0 Å². The van der Waals surface area contributed by atoms with Crippen molar-refractivity contribution in [1.29, 1.82) is 0 Å². The fourth-order valence-corrected chi connectivity index (χ4v) is 3.42. The van der Waals surface area contributed by atoms with Crippen molar-refractivity contribution < 1.29 is 9.90 Å². The van der Waals surface area contributed by atoms with E-state index in [1.165, 1.54) is 12.4 Å². The molecule has 0 unspecified atom stereocenters. The van der Waals surface area contributed by atoms with Crippen molar-refractivity contribution in [3.05, 3.63) is 79.1 Å². The van der Waals surface area contributed by atoms with Crippen molar-refractivity contribution in [3.8, 4) is 17.0 Å². The first-order chi connectivity index (χ1) is 15.1. The molecule has 0 spiro atoms. The average molecular weight is 414 g/mol. The van der Waals surface area contributed by atoms with Crippen LogP contribution >= 0.6 is 0 Å². The largest absolute Gasteiger partial charge is 0.508 e. The minimum Gasteiger partial charge on any atom is -0.508 e. The molecule has 0 saturated carbocycles. The number of nitrogens with zero attached hydrogens (tertiary/aromatic N) is 5. The summed E-state index contributed by atoms with van der Waals surface area (Å²) >= 11 is 0. The molecule has 0 bridgehead atoms. The lowest BCUT2D eigenvalue weighted by molar-refractivity contribution is -0.126. The number of benzene rings is 2. The summed E-state index contributed by atoms with van der Waals surface area (Å²) in [6.45, 7) is 4.91. The number of phenolic OH excluding ortho intramolecular Hbond substituents is 1. The fraction of sp³-hybridized carbons (Fsp3) is 0.130. The zero-order chi connectivity index (χ0) is 21.8. The summed E-state index contributed by atoms with van der Waals surface area (Å²) in [4.78, 5) is 22.6. The topological polar surface area (TPSA) is 110 Å². The van der Waals surface area contributed by atoms with Gasteiger partial charge in [0.05, 0.1) is 11.9 Å². The van der Waals surface area contributed by atoms with Crippen molar-refractivity contribution in [2.45, 2.75) is 13.1 Å². The Hall–Kier alpha value is -4.20. The van der Waals surface area contributed by atoms with Crippen molar-refractivity contribution in [2.24, 2.45) is 0 Å². The zero-order valence-corrected chi connectivity index (χ0v) is 16.8. The van der Waals surface area contributed by atoms with E-state index in [0.717, 1.165) is 11.1 Å². The van der Waals surface area contributed by atoms with E-state index in [1.807, 2.05) is 30.3 Å². The lowest BCUT2D eigenvalue weighted by Crippen LogP contribution is -2.32. The quantitative estimate of drug-likeness (QED) is 0.450. The number of aromatic nitrogens is 4. The molecule has 1 amide bonds. The van der Waals surface area contributed by atoms with E-state index in [1.54, 1.807) is 33.8 Å². The van der Waals surface area contributed by atoms with Crippen LogP contribution in [0.15, 0.2) is 73.6 Å². The number of carbonyl (C=O) groups excluding carboxylic acids is 1. The number of anilines is 1. The molecule has 0 aliphatic heterocycles. The van der Waals surface area contributed by atoms with Gasteiger partial charge in [0.15, 0.2) is 5.65 Å². The third-order valence-electron chi connectivity index (χ3n) is 4.98. The van der Waals surface area contributed by atoms with Gasteiger partial charge in [-0.1, -0.05) is 36.9 Å². The average Bonchev–Trinajstić information content (AvgIpc) is 3.17. The molecule has 8 heteroatoms. The van der Waals surface area contributed by atoms with E-state index >= 15 is 0 Å². The van der Waals surface area contributed by atoms with Gasteiger partial charge in [0.1, 0.15) is 23.6 Å². The fourth-order valence-electron chi connectivity index (χ4n) is 3.42. The second kappa shape index (κ2) is 8.66. The molecule has 8 nitrogen and oxygen atoms in total. The summed E-state index contributed by atoms with van der Waals surface area (Å²) in [7, 11) is 0. The van der Waals surface area contributed by atoms with E-state index in [4.69, 9.17) is 10.8 Å². The maximum atomic E-state index is 12.4. The predicted octanol–water partition coefficient (Wildman–Crippen LogP) is 3.00. The molecular weight excluding hydrogens is 392 g/mol. The van der Waals surface area contributed by atoms with Gasteiger partial charge in [0.25, 0.3) is 0 Å². The summed E-state index contributed by atoms with van der Waals surface area (Å²) in [6, 6.07) is 16.5. The predicted molar refractivity (Wildman–Crippen MR) is 119 cm³/mol. The van der Waals surface area contributed by atoms with Crippen LogP contribution in [-0.4, -0.2) is 42.2 Å². The number of amides is 1. The Balaban J connectivity index is 1.66. The number of nitrogen functional groups attached to an aromatic ring is 1. The van der Waals surface area contributed by atoms with Gasteiger partial charge in [-0.05, 0) is 35.9 Å². The monoisotopic (exact) mass is 414 g/mol. The first kappa shape index (κ1) is 20.1. The SMILES string of the molecule is C=CC(=O)N(CCn1nc(-c2ccc(O)cc2)c2c(N)ncnc21)Cc1ccccc1. The summed E-state index contributed by atoms with van der Waals surface area (Å²) in [6.07, 6.45) is 2.71. The van der Waals surface area contributed by atoms with Gasteiger partial charge in [0.2, 0.25) is 5.91 Å². The molecule has 0 saturated heterocycles. The molecule has 3 N–H and O–H groups in total. The van der Waals surface area contributed by atoms with Gasteiger partial charge in [0, 0.05) is 18.7 Å². The molecular formula is C23H22N6O2. The van der Waals surface area contributed by atoms with Crippen LogP contribution in [-0.2, 0) is 17.9 Å². The van der Waals surface area contributed by atoms with E-state index in [9.17, 15) is 9.90 Å². The molecule has 2 aromatic carbocycles. The third-order valence-corrected chi connectivity index (χ3v) is 4.98. The smallest absolute Gasteiger partial charge is 0.246 e. The van der Waals surface area contributed by atoms with Gasteiger partial charge >= 0.3 is 0 Å². The summed E-state index contributed by atoms with van der Waals surface area (Å²) in [5.74, 6) is 0.326. The van der Waals surface area contributed by atoms with Gasteiger partial charge < -0.3 is 15.7 Å². The number of fused-ring (bicyclic) bond motifs is 1. The van der Waals surface area contributed by atoms with Crippen LogP contribution in [0.4, 0.5) is 5.82 Å². The van der Waals surface area contributed by atoms with Gasteiger partial charge in [-0.15, -0.1) is 0 Å². The van der Waals surface area contributed by atoms with Crippen molar-refractivity contribution in [1.82, 2.24) is 24.6 Å². The number of hydrogen-bond acceptors (Lipinski definition) is 6. The highest BCUT2D eigenvalue weighted by Gasteiger charge is 2.18. The van der Waals surface area contributed by atoms with Crippen molar-refractivity contribution in [2.75, 3.05) is 12.3 Å². The summed E-state index contributed by atoms with van der Waals surface area (Å²) < 4.78 is 1.73. The Morgan fingerprint density at radius 3 is 2.58 bits per heavy atom. The van der Waals surface area contributed by atoms with E-state index in [-0.39, 0.29) is 11.7 Å². The summed E-state index contributed by atoms with van der Waals surface area (Å²) in [5.41, 5.74) is 9.15. The highest BCUT2D eigenvalue weighted by molar-refractivity contribution is 5.98. The maximum Gasteiger partial charge on any atom is 0.246 e. The Kier molecular flexibility index (Phi) is 5.61. The number of rotatable bonds is 7. The van der Waals surface area contributed by atoms with Gasteiger partial charge in [-0.3, -0.25) is 4.79 Å². The number of nitrogens with two attached hydrogens (primary N) is 1.